The number of alkyl halides is 3. The van der Waals surface area contributed by atoms with Gasteiger partial charge in [-0.15, -0.1) is 0 Å². The zero-order valence-corrected chi connectivity index (χ0v) is 10.4. The van der Waals surface area contributed by atoms with E-state index in [0.717, 1.165) is 5.56 Å². The molecule has 0 radical (unpaired) electrons. The van der Waals surface area contributed by atoms with E-state index in [1.807, 2.05) is 0 Å². The lowest BCUT2D eigenvalue weighted by Gasteiger charge is -2.13. The SMILES string of the molecule is CC(CCc1ccc(OC(F)F)cc1)C(F)C(=O)O. The molecule has 1 rings (SSSR count). The second-order valence-corrected chi connectivity index (χ2v) is 4.28. The molecule has 0 aliphatic rings. The van der Waals surface area contributed by atoms with Gasteiger partial charge in [0.15, 0.2) is 6.17 Å². The molecular formula is C13H15F3O3. The molecule has 0 spiro atoms. The highest BCUT2D eigenvalue weighted by Crippen LogP contribution is 2.19. The number of rotatable bonds is 7. The quantitative estimate of drug-likeness (QED) is 0.831. The average molecular weight is 276 g/mol. The van der Waals surface area contributed by atoms with Crippen molar-refractivity contribution in [2.45, 2.75) is 32.5 Å². The number of carboxylic acids is 1. The zero-order valence-electron chi connectivity index (χ0n) is 10.4. The number of ether oxygens (including phenoxy) is 1. The molecule has 6 heteroatoms. The first-order chi connectivity index (χ1) is 8.90. The predicted molar refractivity (Wildman–Crippen MR) is 63.1 cm³/mol. The Morgan fingerprint density at radius 3 is 2.32 bits per heavy atom. The normalized spacial score (nSPS) is 14.2. The lowest BCUT2D eigenvalue weighted by atomic mass is 9.97. The van der Waals surface area contributed by atoms with Crippen molar-refractivity contribution in [3.8, 4) is 5.75 Å². The van der Waals surface area contributed by atoms with Gasteiger partial charge >= 0.3 is 12.6 Å². The van der Waals surface area contributed by atoms with E-state index in [1.165, 1.54) is 19.1 Å². The van der Waals surface area contributed by atoms with Gasteiger partial charge in [-0.1, -0.05) is 19.1 Å². The lowest BCUT2D eigenvalue weighted by Crippen LogP contribution is -2.23. The number of halogens is 3. The zero-order chi connectivity index (χ0) is 14.4. The molecule has 0 aromatic heterocycles. The predicted octanol–water partition coefficient (Wildman–Crippen LogP) is 3.28. The maximum atomic E-state index is 13.1. The summed E-state index contributed by atoms with van der Waals surface area (Å²) in [4.78, 5) is 10.4. The number of aryl methyl sites for hydroxylation is 1. The Bertz CT molecular complexity index is 406. The maximum absolute atomic E-state index is 13.1. The fourth-order valence-corrected chi connectivity index (χ4v) is 1.62. The highest BCUT2D eigenvalue weighted by atomic mass is 19.3. The molecule has 0 saturated heterocycles. The Morgan fingerprint density at radius 2 is 1.84 bits per heavy atom. The molecular weight excluding hydrogens is 261 g/mol. The average Bonchev–Trinajstić information content (AvgIpc) is 2.35. The molecule has 1 aromatic carbocycles. The summed E-state index contributed by atoms with van der Waals surface area (Å²) in [6.45, 7) is -1.35. The molecule has 3 nitrogen and oxygen atoms in total. The van der Waals surface area contributed by atoms with E-state index in [0.29, 0.717) is 12.8 Å². The van der Waals surface area contributed by atoms with Crippen LogP contribution in [0.5, 0.6) is 5.75 Å². The van der Waals surface area contributed by atoms with Crippen molar-refractivity contribution >= 4 is 5.97 Å². The van der Waals surface area contributed by atoms with Crippen LogP contribution in [0.2, 0.25) is 0 Å². The van der Waals surface area contributed by atoms with Gasteiger partial charge in [-0.3, -0.25) is 0 Å². The summed E-state index contributed by atoms with van der Waals surface area (Å²) in [5, 5.41) is 8.51. The maximum Gasteiger partial charge on any atom is 0.387 e. The van der Waals surface area contributed by atoms with Gasteiger partial charge in [0.05, 0.1) is 0 Å². The standard InChI is InChI=1S/C13H15F3O3/c1-8(11(14)12(17)18)2-3-9-4-6-10(7-5-9)19-13(15)16/h4-8,11,13H,2-3H2,1H3,(H,17,18). The molecule has 106 valence electrons. The van der Waals surface area contributed by atoms with Crippen LogP contribution in [0.4, 0.5) is 13.2 Å². The van der Waals surface area contributed by atoms with Crippen molar-refractivity contribution in [3.63, 3.8) is 0 Å². The summed E-state index contributed by atoms with van der Waals surface area (Å²) in [5.41, 5.74) is 0.811. The van der Waals surface area contributed by atoms with Crippen molar-refractivity contribution in [2.75, 3.05) is 0 Å². The Hall–Kier alpha value is -1.72. The highest BCUT2D eigenvalue weighted by molar-refractivity contribution is 5.72. The number of carbonyl (C=O) groups is 1. The third-order valence-corrected chi connectivity index (χ3v) is 2.77. The first kappa shape index (κ1) is 15.3. The van der Waals surface area contributed by atoms with Crippen LogP contribution in [-0.4, -0.2) is 23.9 Å². The van der Waals surface area contributed by atoms with Gasteiger partial charge in [0.2, 0.25) is 0 Å². The minimum absolute atomic E-state index is 0.0562. The molecule has 0 bridgehead atoms. The smallest absolute Gasteiger partial charge is 0.387 e. The molecule has 2 atom stereocenters. The van der Waals surface area contributed by atoms with Gasteiger partial charge in [0.25, 0.3) is 0 Å². The number of hydrogen-bond acceptors (Lipinski definition) is 2. The topological polar surface area (TPSA) is 46.5 Å². The van der Waals surface area contributed by atoms with Gasteiger partial charge in [-0.25, -0.2) is 9.18 Å². The minimum atomic E-state index is -2.87. The molecule has 0 aliphatic heterocycles. The molecule has 0 saturated carbocycles. The van der Waals surface area contributed by atoms with E-state index in [-0.39, 0.29) is 5.75 Å². The third kappa shape index (κ3) is 5.19. The fraction of sp³-hybridized carbons (Fsp3) is 0.462. The summed E-state index contributed by atoms with van der Waals surface area (Å²) in [6, 6.07) is 5.99. The van der Waals surface area contributed by atoms with Crippen molar-refractivity contribution in [1.82, 2.24) is 0 Å². The molecule has 19 heavy (non-hydrogen) atoms. The molecule has 0 aliphatic carbocycles. The van der Waals surface area contributed by atoms with E-state index in [4.69, 9.17) is 5.11 Å². The van der Waals surface area contributed by atoms with Gasteiger partial charge in [-0.05, 0) is 36.5 Å². The molecule has 0 heterocycles. The molecule has 1 N–H and O–H groups in total. The van der Waals surface area contributed by atoms with Crippen LogP contribution in [0.1, 0.15) is 18.9 Å². The van der Waals surface area contributed by atoms with Crippen molar-refractivity contribution < 1.29 is 27.8 Å². The van der Waals surface area contributed by atoms with Crippen LogP contribution in [-0.2, 0) is 11.2 Å². The van der Waals surface area contributed by atoms with Crippen LogP contribution in [0.15, 0.2) is 24.3 Å². The van der Waals surface area contributed by atoms with Crippen molar-refractivity contribution in [2.24, 2.45) is 5.92 Å². The molecule has 1 aromatic rings. The first-order valence-corrected chi connectivity index (χ1v) is 5.80. The number of carboxylic acid groups (broad SMARTS) is 1. The number of hydrogen-bond donors (Lipinski definition) is 1. The molecule has 2 unspecified atom stereocenters. The van der Waals surface area contributed by atoms with Crippen LogP contribution in [0, 0.1) is 5.92 Å². The van der Waals surface area contributed by atoms with Gasteiger partial charge in [-0.2, -0.15) is 8.78 Å². The first-order valence-electron chi connectivity index (χ1n) is 5.80. The number of aliphatic carboxylic acids is 1. The van der Waals surface area contributed by atoms with E-state index in [2.05, 4.69) is 4.74 Å². The minimum Gasteiger partial charge on any atom is -0.479 e. The molecule has 0 amide bonds. The van der Waals surface area contributed by atoms with Crippen LogP contribution in [0.25, 0.3) is 0 Å². The summed E-state index contributed by atoms with van der Waals surface area (Å²) in [7, 11) is 0. The summed E-state index contributed by atoms with van der Waals surface area (Å²) in [5.74, 6) is -2.01. The summed E-state index contributed by atoms with van der Waals surface area (Å²) in [6.07, 6.45) is -1.05. The number of benzene rings is 1. The Kier molecular flexibility index (Phi) is 5.66. The van der Waals surface area contributed by atoms with Crippen LogP contribution < -0.4 is 4.74 Å². The second-order valence-electron chi connectivity index (χ2n) is 4.28. The Labute approximate surface area is 109 Å². The van der Waals surface area contributed by atoms with Gasteiger partial charge < -0.3 is 9.84 Å². The monoisotopic (exact) mass is 276 g/mol. The molecule has 0 fully saturated rings. The Morgan fingerprint density at radius 1 is 1.26 bits per heavy atom. The Balaban J connectivity index is 2.47. The second kappa shape index (κ2) is 7.01. The largest absolute Gasteiger partial charge is 0.479 e. The summed E-state index contributed by atoms with van der Waals surface area (Å²) < 4.78 is 41.2. The van der Waals surface area contributed by atoms with Crippen molar-refractivity contribution in [1.29, 1.82) is 0 Å². The van der Waals surface area contributed by atoms with Gasteiger partial charge in [0, 0.05) is 0 Å². The van der Waals surface area contributed by atoms with Crippen LogP contribution in [0.3, 0.4) is 0 Å². The summed E-state index contributed by atoms with van der Waals surface area (Å²) >= 11 is 0. The lowest BCUT2D eigenvalue weighted by molar-refractivity contribution is -0.144. The van der Waals surface area contributed by atoms with Crippen LogP contribution >= 0.6 is 0 Å². The van der Waals surface area contributed by atoms with Gasteiger partial charge in [0.1, 0.15) is 5.75 Å². The van der Waals surface area contributed by atoms with E-state index < -0.39 is 24.7 Å². The van der Waals surface area contributed by atoms with Crippen molar-refractivity contribution in [3.05, 3.63) is 29.8 Å². The van der Waals surface area contributed by atoms with E-state index in [9.17, 15) is 18.0 Å². The van der Waals surface area contributed by atoms with E-state index in [1.54, 1.807) is 12.1 Å². The fourth-order valence-electron chi connectivity index (χ4n) is 1.62. The third-order valence-electron chi connectivity index (χ3n) is 2.77. The van der Waals surface area contributed by atoms with E-state index >= 15 is 0 Å². The highest BCUT2D eigenvalue weighted by Gasteiger charge is 2.23.